The molecule has 0 saturated carbocycles. The standard InChI is InChI=1S/C25H18N2O2/c1-29-19-15-13-18(14-16-19)24-26-22-11-4-5-12-23(22)27(24)25(28)21-10-6-8-17-7-2-3-9-20(17)21/h2-16H,1H3. The van der Waals surface area contributed by atoms with E-state index >= 15 is 0 Å². The summed E-state index contributed by atoms with van der Waals surface area (Å²) in [6.45, 7) is 0. The Morgan fingerprint density at radius 1 is 0.828 bits per heavy atom. The maximum absolute atomic E-state index is 13.8. The van der Waals surface area contributed by atoms with Gasteiger partial charge in [-0.3, -0.25) is 9.36 Å². The van der Waals surface area contributed by atoms with Crippen molar-refractivity contribution in [2.45, 2.75) is 0 Å². The molecule has 0 aliphatic carbocycles. The fourth-order valence-electron chi connectivity index (χ4n) is 3.70. The number of imidazole rings is 1. The van der Waals surface area contributed by atoms with Gasteiger partial charge in [0.25, 0.3) is 5.91 Å². The molecule has 0 spiro atoms. The first kappa shape index (κ1) is 17.2. The first-order valence-electron chi connectivity index (χ1n) is 9.40. The highest BCUT2D eigenvalue weighted by Gasteiger charge is 2.20. The van der Waals surface area contributed by atoms with Crippen molar-refractivity contribution in [3.63, 3.8) is 0 Å². The van der Waals surface area contributed by atoms with Crippen molar-refractivity contribution in [2.75, 3.05) is 7.11 Å². The fourth-order valence-corrected chi connectivity index (χ4v) is 3.70. The molecule has 0 aliphatic rings. The van der Waals surface area contributed by atoms with Gasteiger partial charge in [-0.15, -0.1) is 0 Å². The summed E-state index contributed by atoms with van der Waals surface area (Å²) in [6.07, 6.45) is 0. The van der Waals surface area contributed by atoms with Crippen LogP contribution in [0.3, 0.4) is 0 Å². The zero-order valence-corrected chi connectivity index (χ0v) is 15.9. The van der Waals surface area contributed by atoms with Crippen molar-refractivity contribution in [2.24, 2.45) is 0 Å². The number of aromatic nitrogens is 2. The van der Waals surface area contributed by atoms with E-state index in [0.717, 1.165) is 33.1 Å². The lowest BCUT2D eigenvalue weighted by atomic mass is 10.0. The molecule has 0 N–H and O–H groups in total. The van der Waals surface area contributed by atoms with Crippen LogP contribution in [0.25, 0.3) is 33.2 Å². The lowest BCUT2D eigenvalue weighted by Crippen LogP contribution is -2.14. The maximum atomic E-state index is 13.8. The highest BCUT2D eigenvalue weighted by atomic mass is 16.5. The van der Waals surface area contributed by atoms with Crippen LogP contribution in [0.15, 0.2) is 91.0 Å². The lowest BCUT2D eigenvalue weighted by molar-refractivity contribution is 0.0968. The molecular weight excluding hydrogens is 360 g/mol. The molecule has 0 aliphatic heterocycles. The summed E-state index contributed by atoms with van der Waals surface area (Å²) < 4.78 is 6.97. The molecule has 140 valence electrons. The Bertz CT molecular complexity index is 1350. The molecule has 5 rings (SSSR count). The number of methoxy groups -OCH3 is 1. The monoisotopic (exact) mass is 378 g/mol. The summed E-state index contributed by atoms with van der Waals surface area (Å²) in [6, 6.07) is 29.0. The van der Waals surface area contributed by atoms with Gasteiger partial charge in [0, 0.05) is 11.1 Å². The first-order valence-corrected chi connectivity index (χ1v) is 9.40. The molecule has 0 radical (unpaired) electrons. The van der Waals surface area contributed by atoms with Crippen LogP contribution in [0.4, 0.5) is 0 Å². The van der Waals surface area contributed by atoms with E-state index in [-0.39, 0.29) is 5.91 Å². The smallest absolute Gasteiger partial charge is 0.264 e. The van der Waals surface area contributed by atoms with Crippen molar-refractivity contribution in [1.82, 2.24) is 9.55 Å². The molecule has 0 atom stereocenters. The third-order valence-electron chi connectivity index (χ3n) is 5.13. The number of nitrogens with zero attached hydrogens (tertiary/aromatic N) is 2. The number of carbonyl (C=O) groups excluding carboxylic acids is 1. The minimum absolute atomic E-state index is 0.0960. The van der Waals surface area contributed by atoms with Gasteiger partial charge in [0.05, 0.1) is 18.1 Å². The zero-order valence-electron chi connectivity index (χ0n) is 15.9. The minimum Gasteiger partial charge on any atom is -0.497 e. The highest BCUT2D eigenvalue weighted by molar-refractivity contribution is 6.11. The van der Waals surface area contributed by atoms with Crippen LogP contribution in [-0.2, 0) is 0 Å². The number of carbonyl (C=O) groups is 1. The van der Waals surface area contributed by atoms with Crippen molar-refractivity contribution in [3.8, 4) is 17.1 Å². The molecule has 29 heavy (non-hydrogen) atoms. The summed E-state index contributed by atoms with van der Waals surface area (Å²) in [7, 11) is 1.63. The SMILES string of the molecule is COc1ccc(-c2nc3ccccc3n2C(=O)c2cccc3ccccc23)cc1. The first-order chi connectivity index (χ1) is 14.3. The topological polar surface area (TPSA) is 44.1 Å². The van der Waals surface area contributed by atoms with Gasteiger partial charge in [-0.05, 0) is 53.2 Å². The Labute approximate surface area is 168 Å². The van der Waals surface area contributed by atoms with Gasteiger partial charge in [-0.2, -0.15) is 0 Å². The Morgan fingerprint density at radius 2 is 1.55 bits per heavy atom. The van der Waals surface area contributed by atoms with E-state index in [0.29, 0.717) is 11.4 Å². The van der Waals surface area contributed by atoms with Crippen LogP contribution in [0, 0.1) is 0 Å². The number of benzene rings is 4. The van der Waals surface area contributed by atoms with Gasteiger partial charge in [0.2, 0.25) is 0 Å². The Kier molecular flexibility index (Phi) is 4.10. The normalized spacial score (nSPS) is 11.1. The van der Waals surface area contributed by atoms with Crippen LogP contribution in [0.5, 0.6) is 5.75 Å². The van der Waals surface area contributed by atoms with Crippen LogP contribution in [-0.4, -0.2) is 22.6 Å². The summed E-state index contributed by atoms with van der Waals surface area (Å²) in [4.78, 5) is 18.5. The van der Waals surface area contributed by atoms with Gasteiger partial charge in [0.1, 0.15) is 11.6 Å². The summed E-state index contributed by atoms with van der Waals surface area (Å²) >= 11 is 0. The molecule has 1 heterocycles. The molecule has 4 aromatic carbocycles. The van der Waals surface area contributed by atoms with Crippen LogP contribution >= 0.6 is 0 Å². The molecule has 5 aromatic rings. The van der Waals surface area contributed by atoms with E-state index in [9.17, 15) is 4.79 Å². The predicted molar refractivity (Wildman–Crippen MR) is 115 cm³/mol. The Morgan fingerprint density at radius 3 is 2.38 bits per heavy atom. The third-order valence-corrected chi connectivity index (χ3v) is 5.13. The second-order valence-electron chi connectivity index (χ2n) is 6.82. The molecule has 4 nitrogen and oxygen atoms in total. The van der Waals surface area contributed by atoms with Crippen molar-refractivity contribution in [1.29, 1.82) is 0 Å². The van der Waals surface area contributed by atoms with Crippen LogP contribution in [0.1, 0.15) is 10.4 Å². The van der Waals surface area contributed by atoms with E-state index in [1.165, 1.54) is 0 Å². The molecular formula is C25H18N2O2. The number of fused-ring (bicyclic) bond motifs is 2. The highest BCUT2D eigenvalue weighted by Crippen LogP contribution is 2.29. The largest absolute Gasteiger partial charge is 0.497 e. The zero-order chi connectivity index (χ0) is 19.8. The van der Waals surface area contributed by atoms with E-state index in [1.807, 2.05) is 91.0 Å². The molecule has 0 unspecified atom stereocenters. The average Bonchev–Trinajstić information content (AvgIpc) is 3.18. The Hall–Kier alpha value is -3.92. The number of rotatable bonds is 3. The number of ether oxygens (including phenoxy) is 1. The van der Waals surface area contributed by atoms with E-state index < -0.39 is 0 Å². The van der Waals surface area contributed by atoms with Crippen molar-refractivity contribution < 1.29 is 9.53 Å². The van der Waals surface area contributed by atoms with Crippen LogP contribution in [0.2, 0.25) is 0 Å². The fraction of sp³-hybridized carbons (Fsp3) is 0.0400. The number of hydrogen-bond donors (Lipinski definition) is 0. The molecule has 0 fully saturated rings. The molecule has 0 amide bonds. The molecule has 1 aromatic heterocycles. The number of hydrogen-bond acceptors (Lipinski definition) is 3. The van der Waals surface area contributed by atoms with E-state index in [2.05, 4.69) is 0 Å². The number of para-hydroxylation sites is 2. The van der Waals surface area contributed by atoms with Crippen molar-refractivity contribution >= 4 is 27.7 Å². The quantitative estimate of drug-likeness (QED) is 0.413. The Balaban J connectivity index is 1.76. The summed E-state index contributed by atoms with van der Waals surface area (Å²) in [5, 5.41) is 1.97. The predicted octanol–water partition coefficient (Wildman–Crippen LogP) is 5.55. The average molecular weight is 378 g/mol. The van der Waals surface area contributed by atoms with Gasteiger partial charge in [0.15, 0.2) is 0 Å². The summed E-state index contributed by atoms with van der Waals surface area (Å²) in [5.41, 5.74) is 3.08. The van der Waals surface area contributed by atoms with Crippen LogP contribution < -0.4 is 4.74 Å². The van der Waals surface area contributed by atoms with Gasteiger partial charge in [-0.25, -0.2) is 4.98 Å². The van der Waals surface area contributed by atoms with Gasteiger partial charge >= 0.3 is 0 Å². The minimum atomic E-state index is -0.0960. The third kappa shape index (κ3) is 2.86. The van der Waals surface area contributed by atoms with Gasteiger partial charge in [-0.1, -0.05) is 48.5 Å². The van der Waals surface area contributed by atoms with Gasteiger partial charge < -0.3 is 4.74 Å². The maximum Gasteiger partial charge on any atom is 0.264 e. The second kappa shape index (κ2) is 6.91. The van der Waals surface area contributed by atoms with E-state index in [1.54, 1.807) is 11.7 Å². The van der Waals surface area contributed by atoms with E-state index in [4.69, 9.17) is 9.72 Å². The molecule has 0 bridgehead atoms. The summed E-state index contributed by atoms with van der Waals surface area (Å²) in [5.74, 6) is 1.28. The molecule has 4 heteroatoms. The second-order valence-corrected chi connectivity index (χ2v) is 6.82. The lowest BCUT2D eigenvalue weighted by Gasteiger charge is -2.11. The molecule has 0 saturated heterocycles. The van der Waals surface area contributed by atoms with Crippen molar-refractivity contribution in [3.05, 3.63) is 96.6 Å².